The van der Waals surface area contributed by atoms with Crippen LogP contribution in [0, 0.1) is 5.82 Å². The van der Waals surface area contributed by atoms with Crippen molar-refractivity contribution in [2.24, 2.45) is 0 Å². The molecule has 1 aromatic carbocycles. The van der Waals surface area contributed by atoms with E-state index in [0.29, 0.717) is 18.7 Å². The van der Waals surface area contributed by atoms with Crippen LogP contribution in [0.25, 0.3) is 0 Å². The molecule has 1 aliphatic rings. The van der Waals surface area contributed by atoms with Gasteiger partial charge in [-0.05, 0) is 24.3 Å². The molecular weight excluding hydrogens is 261 g/mol. The number of benzene rings is 1. The van der Waals surface area contributed by atoms with E-state index in [1.807, 2.05) is 0 Å². The molecule has 0 amide bonds. The molecule has 1 aliphatic heterocycles. The van der Waals surface area contributed by atoms with Crippen molar-refractivity contribution in [3.8, 4) is 5.75 Å². The van der Waals surface area contributed by atoms with Gasteiger partial charge < -0.3 is 14.8 Å². The third-order valence-electron chi connectivity index (χ3n) is 2.69. The fourth-order valence-corrected chi connectivity index (χ4v) is 1.82. The average Bonchev–Trinajstić information content (AvgIpc) is 2.80. The molecule has 0 radical (unpaired) electrons. The second kappa shape index (κ2) is 6.56. The number of hydrogen-bond acceptors (Lipinski definition) is 4. The molecule has 6 heteroatoms. The van der Waals surface area contributed by atoms with E-state index in [-0.39, 0.29) is 36.3 Å². The minimum atomic E-state index is -0.314. The first-order valence-electron chi connectivity index (χ1n) is 5.42. The molecule has 1 heterocycles. The van der Waals surface area contributed by atoms with E-state index >= 15 is 0 Å². The summed E-state index contributed by atoms with van der Waals surface area (Å²) in [5, 5.41) is 3.02. The molecule has 0 saturated carbocycles. The molecule has 1 aromatic rings. The van der Waals surface area contributed by atoms with Gasteiger partial charge in [-0.2, -0.15) is 0 Å². The minimum Gasteiger partial charge on any atom is -0.489 e. The molecular formula is C12H15ClFNO3. The van der Waals surface area contributed by atoms with Gasteiger partial charge in [0.05, 0.1) is 7.11 Å². The Morgan fingerprint density at radius 3 is 2.67 bits per heavy atom. The van der Waals surface area contributed by atoms with Crippen LogP contribution in [-0.2, 0) is 9.53 Å². The van der Waals surface area contributed by atoms with Crippen molar-refractivity contribution in [3.63, 3.8) is 0 Å². The molecule has 4 nitrogen and oxygen atoms in total. The van der Waals surface area contributed by atoms with E-state index in [0.717, 1.165) is 0 Å². The van der Waals surface area contributed by atoms with Crippen molar-refractivity contribution in [1.82, 2.24) is 5.32 Å². The van der Waals surface area contributed by atoms with Crippen LogP contribution >= 0.6 is 12.4 Å². The predicted octanol–water partition coefficient (Wildman–Crippen LogP) is 1.53. The van der Waals surface area contributed by atoms with Gasteiger partial charge in [0.1, 0.15) is 23.7 Å². The van der Waals surface area contributed by atoms with Crippen molar-refractivity contribution in [3.05, 3.63) is 30.1 Å². The van der Waals surface area contributed by atoms with Gasteiger partial charge >= 0.3 is 5.97 Å². The largest absolute Gasteiger partial charge is 0.489 e. The summed E-state index contributed by atoms with van der Waals surface area (Å²) in [6.07, 6.45) is 0.467. The van der Waals surface area contributed by atoms with E-state index in [9.17, 15) is 9.18 Å². The van der Waals surface area contributed by atoms with Crippen molar-refractivity contribution in [2.75, 3.05) is 13.7 Å². The first-order valence-corrected chi connectivity index (χ1v) is 5.42. The lowest BCUT2D eigenvalue weighted by atomic mass is 10.2. The van der Waals surface area contributed by atoms with E-state index in [1.165, 1.54) is 19.2 Å². The fraction of sp³-hybridized carbons (Fsp3) is 0.417. The zero-order chi connectivity index (χ0) is 12.3. The van der Waals surface area contributed by atoms with Gasteiger partial charge in [0.15, 0.2) is 0 Å². The summed E-state index contributed by atoms with van der Waals surface area (Å²) in [5.74, 6) is 0.0215. The van der Waals surface area contributed by atoms with E-state index < -0.39 is 0 Å². The van der Waals surface area contributed by atoms with Crippen LogP contribution in [0.15, 0.2) is 24.3 Å². The number of carbonyl (C=O) groups excluding carboxylic acids is 1. The Morgan fingerprint density at radius 2 is 2.06 bits per heavy atom. The number of carbonyl (C=O) groups is 1. The summed E-state index contributed by atoms with van der Waals surface area (Å²) in [7, 11) is 1.36. The summed E-state index contributed by atoms with van der Waals surface area (Å²) in [4.78, 5) is 11.3. The molecule has 1 saturated heterocycles. The number of esters is 1. The SMILES string of the molecule is COC(=O)C1CC(Oc2ccc(F)cc2)CN1.Cl. The van der Waals surface area contributed by atoms with Gasteiger partial charge in [0.2, 0.25) is 0 Å². The molecule has 0 aliphatic carbocycles. The Labute approximate surface area is 111 Å². The van der Waals surface area contributed by atoms with Crippen LogP contribution in [0.5, 0.6) is 5.75 Å². The highest BCUT2D eigenvalue weighted by molar-refractivity contribution is 5.85. The summed E-state index contributed by atoms with van der Waals surface area (Å²) in [6.45, 7) is 0.580. The maximum atomic E-state index is 12.7. The molecule has 18 heavy (non-hydrogen) atoms. The highest BCUT2D eigenvalue weighted by Crippen LogP contribution is 2.18. The van der Waals surface area contributed by atoms with Crippen LogP contribution in [0.4, 0.5) is 4.39 Å². The van der Waals surface area contributed by atoms with Gasteiger partial charge in [-0.25, -0.2) is 4.39 Å². The molecule has 1 fully saturated rings. The Morgan fingerprint density at radius 1 is 1.39 bits per heavy atom. The van der Waals surface area contributed by atoms with E-state index in [4.69, 9.17) is 4.74 Å². The maximum absolute atomic E-state index is 12.7. The molecule has 0 bridgehead atoms. The van der Waals surface area contributed by atoms with Crippen molar-refractivity contribution < 1.29 is 18.7 Å². The predicted molar refractivity (Wildman–Crippen MR) is 66.5 cm³/mol. The normalized spacial score (nSPS) is 22.1. The second-order valence-electron chi connectivity index (χ2n) is 3.91. The van der Waals surface area contributed by atoms with Crippen LogP contribution in [-0.4, -0.2) is 31.8 Å². The van der Waals surface area contributed by atoms with Crippen LogP contribution in [0.1, 0.15) is 6.42 Å². The van der Waals surface area contributed by atoms with Gasteiger partial charge in [-0.3, -0.25) is 4.79 Å². The number of rotatable bonds is 3. The third kappa shape index (κ3) is 3.58. The Bertz CT molecular complexity index is 399. The number of ether oxygens (including phenoxy) is 2. The second-order valence-corrected chi connectivity index (χ2v) is 3.91. The number of nitrogens with one attached hydrogen (secondary N) is 1. The molecule has 0 spiro atoms. The summed E-state index contributed by atoms with van der Waals surface area (Å²) < 4.78 is 22.9. The zero-order valence-electron chi connectivity index (χ0n) is 9.89. The molecule has 100 valence electrons. The smallest absolute Gasteiger partial charge is 0.323 e. The Balaban J connectivity index is 0.00000162. The average molecular weight is 276 g/mol. The number of hydrogen-bond donors (Lipinski definition) is 1. The maximum Gasteiger partial charge on any atom is 0.323 e. The first kappa shape index (κ1) is 14.7. The molecule has 2 atom stereocenters. The minimum absolute atomic E-state index is 0. The summed E-state index contributed by atoms with van der Waals surface area (Å²) >= 11 is 0. The van der Waals surface area contributed by atoms with Crippen LogP contribution in [0.2, 0.25) is 0 Å². The van der Waals surface area contributed by atoms with Gasteiger partial charge in [-0.15, -0.1) is 12.4 Å². The van der Waals surface area contributed by atoms with Crippen LogP contribution in [0.3, 0.4) is 0 Å². The lowest BCUT2D eigenvalue weighted by Gasteiger charge is -2.12. The molecule has 1 N–H and O–H groups in total. The van der Waals surface area contributed by atoms with Crippen LogP contribution < -0.4 is 10.1 Å². The molecule has 0 aromatic heterocycles. The topological polar surface area (TPSA) is 47.6 Å². The highest BCUT2D eigenvalue weighted by atomic mass is 35.5. The lowest BCUT2D eigenvalue weighted by Crippen LogP contribution is -2.31. The van der Waals surface area contributed by atoms with Crippen molar-refractivity contribution in [1.29, 1.82) is 0 Å². The monoisotopic (exact) mass is 275 g/mol. The molecule has 2 unspecified atom stereocenters. The van der Waals surface area contributed by atoms with E-state index in [1.54, 1.807) is 12.1 Å². The Hall–Kier alpha value is -1.33. The van der Waals surface area contributed by atoms with Gasteiger partial charge in [-0.1, -0.05) is 0 Å². The quantitative estimate of drug-likeness (QED) is 0.850. The van der Waals surface area contributed by atoms with Gasteiger partial charge in [0, 0.05) is 13.0 Å². The van der Waals surface area contributed by atoms with E-state index in [2.05, 4.69) is 10.1 Å². The first-order chi connectivity index (χ1) is 8.19. The fourth-order valence-electron chi connectivity index (χ4n) is 1.82. The molecule has 2 rings (SSSR count). The third-order valence-corrected chi connectivity index (χ3v) is 2.69. The summed E-state index contributed by atoms with van der Waals surface area (Å²) in [5.41, 5.74) is 0. The van der Waals surface area contributed by atoms with Crippen molar-refractivity contribution in [2.45, 2.75) is 18.6 Å². The number of halogens is 2. The summed E-state index contributed by atoms with van der Waals surface area (Å²) in [6, 6.07) is 5.51. The van der Waals surface area contributed by atoms with Gasteiger partial charge in [0.25, 0.3) is 0 Å². The standard InChI is InChI=1S/C12H14FNO3.ClH/c1-16-12(15)11-6-10(7-14-11)17-9-4-2-8(13)3-5-9;/h2-5,10-11,14H,6-7H2,1H3;1H. The Kier molecular flexibility index (Phi) is 5.37. The number of methoxy groups -OCH3 is 1. The zero-order valence-corrected chi connectivity index (χ0v) is 10.7. The highest BCUT2D eigenvalue weighted by Gasteiger charge is 2.31. The van der Waals surface area contributed by atoms with Crippen molar-refractivity contribution >= 4 is 18.4 Å². The lowest BCUT2D eigenvalue weighted by molar-refractivity contribution is -0.142.